The van der Waals surface area contributed by atoms with Gasteiger partial charge in [0.05, 0.1) is 29.3 Å². The van der Waals surface area contributed by atoms with Crippen molar-refractivity contribution in [3.63, 3.8) is 0 Å². The molecule has 5 nitrogen and oxygen atoms in total. The first kappa shape index (κ1) is 15.8. The fourth-order valence-corrected chi connectivity index (χ4v) is 4.58. The second kappa shape index (κ2) is 5.39. The van der Waals surface area contributed by atoms with Crippen LogP contribution in [0.25, 0.3) is 0 Å². The third kappa shape index (κ3) is 2.38. The Labute approximate surface area is 141 Å². The Hall–Kier alpha value is -1.72. The molecule has 1 aromatic rings. The van der Waals surface area contributed by atoms with Crippen molar-refractivity contribution in [1.29, 1.82) is 0 Å². The summed E-state index contributed by atoms with van der Waals surface area (Å²) in [5.74, 6) is 0.933. The molecule has 6 atom stereocenters. The number of nitro groups is 1. The molecule has 128 valence electrons. The molecular formula is C19H23NO4. The summed E-state index contributed by atoms with van der Waals surface area (Å²) in [5, 5.41) is 11.5. The Bertz CT molecular complexity index is 693. The number of ether oxygens (including phenoxy) is 2. The number of hydrogen-bond donors (Lipinski definition) is 0. The van der Waals surface area contributed by atoms with Crippen LogP contribution in [0.3, 0.4) is 0 Å². The quantitative estimate of drug-likeness (QED) is 0.482. The Morgan fingerprint density at radius 2 is 2.00 bits per heavy atom. The Balaban J connectivity index is 1.74. The highest BCUT2D eigenvalue weighted by molar-refractivity contribution is 5.46. The number of rotatable bonds is 3. The molecule has 0 aromatic heterocycles. The number of para-hydroxylation sites is 1. The smallest absolute Gasteiger partial charge is 0.273 e. The molecule has 0 radical (unpaired) electrons. The number of benzene rings is 1. The van der Waals surface area contributed by atoms with E-state index in [0.717, 1.165) is 12.2 Å². The molecule has 5 heteroatoms. The molecule has 1 aliphatic heterocycles. The van der Waals surface area contributed by atoms with Gasteiger partial charge >= 0.3 is 0 Å². The van der Waals surface area contributed by atoms with Crippen molar-refractivity contribution < 1.29 is 14.4 Å². The maximum Gasteiger partial charge on any atom is 0.273 e. The summed E-state index contributed by atoms with van der Waals surface area (Å²) in [6.45, 7) is 6.96. The predicted octanol–water partition coefficient (Wildman–Crippen LogP) is 3.69. The molecule has 2 fully saturated rings. The summed E-state index contributed by atoms with van der Waals surface area (Å²) in [6, 6.07) is 7.05. The number of hydrogen-bond acceptors (Lipinski definition) is 4. The summed E-state index contributed by atoms with van der Waals surface area (Å²) in [5.41, 5.74) is 0.701. The van der Waals surface area contributed by atoms with Crippen LogP contribution in [0.1, 0.15) is 32.3 Å². The van der Waals surface area contributed by atoms with Gasteiger partial charge in [0.25, 0.3) is 5.69 Å². The van der Waals surface area contributed by atoms with Crippen LogP contribution in [-0.2, 0) is 9.47 Å². The molecule has 24 heavy (non-hydrogen) atoms. The minimum absolute atomic E-state index is 0.0366. The molecule has 1 saturated carbocycles. The summed E-state index contributed by atoms with van der Waals surface area (Å²) in [6.07, 6.45) is 4.54. The van der Waals surface area contributed by atoms with Crippen LogP contribution < -0.4 is 0 Å². The van der Waals surface area contributed by atoms with Crippen molar-refractivity contribution in [2.24, 2.45) is 17.8 Å². The maximum atomic E-state index is 11.5. The van der Waals surface area contributed by atoms with E-state index >= 15 is 0 Å². The van der Waals surface area contributed by atoms with Crippen LogP contribution in [0.4, 0.5) is 5.69 Å². The largest absolute Gasteiger partial charge is 0.377 e. The SMILES string of the molecule is CC(C)(C)OC1[C@@H]2[C@H]3OC[C@H]3[C@H]1C=C[C@H]2c1ccccc1[N+](=O)[O-]. The zero-order valence-corrected chi connectivity index (χ0v) is 14.2. The van der Waals surface area contributed by atoms with Gasteiger partial charge in [-0.15, -0.1) is 0 Å². The lowest BCUT2D eigenvalue weighted by atomic mass is 9.77. The Kier molecular flexibility index (Phi) is 3.55. The standard InChI is InChI=1S/C19H23NO4/c1-19(2,3)24-18-13-9-8-12(16(18)17-14(13)10-23-17)11-6-4-5-7-15(11)20(21)22/h4-9,12-14,16-18H,10H2,1-3H3/t12-,13+,14-,16-,17-,18?/m0/s1. The van der Waals surface area contributed by atoms with Crippen LogP contribution >= 0.6 is 0 Å². The van der Waals surface area contributed by atoms with E-state index in [4.69, 9.17) is 9.47 Å². The summed E-state index contributed by atoms with van der Waals surface area (Å²) < 4.78 is 12.3. The van der Waals surface area contributed by atoms with E-state index in [2.05, 4.69) is 32.9 Å². The van der Waals surface area contributed by atoms with Gasteiger partial charge in [-0.25, -0.2) is 0 Å². The van der Waals surface area contributed by atoms with Crippen LogP contribution in [0.5, 0.6) is 0 Å². The van der Waals surface area contributed by atoms with E-state index in [1.807, 2.05) is 12.1 Å². The lowest BCUT2D eigenvalue weighted by molar-refractivity contribution is -0.385. The van der Waals surface area contributed by atoms with E-state index in [9.17, 15) is 10.1 Å². The summed E-state index contributed by atoms with van der Waals surface area (Å²) in [4.78, 5) is 11.2. The van der Waals surface area contributed by atoms with Crippen LogP contribution in [0, 0.1) is 27.9 Å². The first-order valence-corrected chi connectivity index (χ1v) is 8.58. The van der Waals surface area contributed by atoms with Gasteiger partial charge < -0.3 is 9.47 Å². The molecule has 1 aromatic carbocycles. The van der Waals surface area contributed by atoms with Gasteiger partial charge in [-0.2, -0.15) is 0 Å². The average molecular weight is 329 g/mol. The van der Waals surface area contributed by atoms with Crippen LogP contribution in [0.15, 0.2) is 36.4 Å². The van der Waals surface area contributed by atoms with E-state index < -0.39 is 0 Å². The third-order valence-electron chi connectivity index (χ3n) is 5.47. The minimum atomic E-state index is -0.289. The highest BCUT2D eigenvalue weighted by Crippen LogP contribution is 2.56. The van der Waals surface area contributed by atoms with Gasteiger partial charge in [-0.3, -0.25) is 10.1 Å². The first-order chi connectivity index (χ1) is 11.4. The van der Waals surface area contributed by atoms with Gasteiger partial charge in [0, 0.05) is 35.3 Å². The molecule has 4 rings (SSSR count). The third-order valence-corrected chi connectivity index (χ3v) is 5.47. The molecule has 2 bridgehead atoms. The normalized spacial score (nSPS) is 37.0. The van der Waals surface area contributed by atoms with Crippen molar-refractivity contribution in [2.75, 3.05) is 6.61 Å². The maximum absolute atomic E-state index is 11.5. The van der Waals surface area contributed by atoms with Crippen molar-refractivity contribution in [1.82, 2.24) is 0 Å². The van der Waals surface area contributed by atoms with E-state index in [1.54, 1.807) is 12.1 Å². The summed E-state index contributed by atoms with van der Waals surface area (Å²) in [7, 11) is 0. The Morgan fingerprint density at radius 3 is 2.62 bits per heavy atom. The molecule has 1 heterocycles. The fraction of sp³-hybridized carbons (Fsp3) is 0.579. The van der Waals surface area contributed by atoms with Crippen molar-refractivity contribution >= 4 is 5.69 Å². The monoisotopic (exact) mass is 329 g/mol. The highest BCUT2D eigenvalue weighted by atomic mass is 16.6. The molecule has 1 unspecified atom stereocenters. The second-order valence-electron chi connectivity index (χ2n) is 8.04. The first-order valence-electron chi connectivity index (χ1n) is 8.58. The lowest BCUT2D eigenvalue weighted by Gasteiger charge is -2.38. The summed E-state index contributed by atoms with van der Waals surface area (Å²) >= 11 is 0. The molecule has 1 saturated heterocycles. The predicted molar refractivity (Wildman–Crippen MR) is 89.8 cm³/mol. The topological polar surface area (TPSA) is 61.6 Å². The van der Waals surface area contributed by atoms with Crippen molar-refractivity contribution in [2.45, 2.75) is 44.5 Å². The van der Waals surface area contributed by atoms with E-state index in [1.165, 1.54) is 0 Å². The molecule has 0 spiro atoms. The Morgan fingerprint density at radius 1 is 1.25 bits per heavy atom. The number of nitrogens with zero attached hydrogens (tertiary/aromatic N) is 1. The second-order valence-corrected chi connectivity index (χ2v) is 8.04. The molecular weight excluding hydrogens is 306 g/mol. The molecule has 0 N–H and O–H groups in total. The van der Waals surface area contributed by atoms with E-state index in [-0.39, 0.29) is 40.3 Å². The van der Waals surface area contributed by atoms with E-state index in [0.29, 0.717) is 11.8 Å². The zero-order chi connectivity index (χ0) is 17.1. The zero-order valence-electron chi connectivity index (χ0n) is 14.2. The van der Waals surface area contributed by atoms with Gasteiger partial charge in [0.2, 0.25) is 0 Å². The molecule has 0 amide bonds. The minimum Gasteiger partial charge on any atom is -0.377 e. The number of nitro benzene ring substituents is 1. The van der Waals surface area contributed by atoms with Gasteiger partial charge in [0.1, 0.15) is 0 Å². The highest BCUT2D eigenvalue weighted by Gasteiger charge is 2.60. The number of allylic oxidation sites excluding steroid dienone is 1. The average Bonchev–Trinajstić information content (AvgIpc) is 2.59. The molecule has 3 aliphatic rings. The lowest BCUT2D eigenvalue weighted by Crippen LogP contribution is -2.42. The van der Waals surface area contributed by atoms with Gasteiger partial charge in [-0.05, 0) is 20.8 Å². The van der Waals surface area contributed by atoms with Gasteiger partial charge in [-0.1, -0.05) is 30.4 Å². The molecule has 2 aliphatic carbocycles. The van der Waals surface area contributed by atoms with Crippen LogP contribution in [0.2, 0.25) is 0 Å². The van der Waals surface area contributed by atoms with Crippen molar-refractivity contribution in [3.05, 3.63) is 52.1 Å². The fourth-order valence-electron chi connectivity index (χ4n) is 4.58. The van der Waals surface area contributed by atoms with Crippen LogP contribution in [-0.4, -0.2) is 29.3 Å². The van der Waals surface area contributed by atoms with Crippen molar-refractivity contribution in [3.8, 4) is 0 Å². The number of fused-ring (bicyclic) bond motifs is 5. The van der Waals surface area contributed by atoms with Gasteiger partial charge in [0.15, 0.2) is 0 Å².